The molecular weight excluding hydrogens is 252 g/mol. The van der Waals surface area contributed by atoms with Gasteiger partial charge in [-0.2, -0.15) is 10.1 Å². The fourth-order valence-corrected chi connectivity index (χ4v) is 1.77. The number of nitrogens with one attached hydrogen (secondary N) is 1. The summed E-state index contributed by atoms with van der Waals surface area (Å²) in [6, 6.07) is 0. The second kappa shape index (κ2) is 5.04. The Labute approximate surface area is 108 Å². The minimum Gasteiger partial charge on any atom is -0.357 e. The van der Waals surface area contributed by atoms with E-state index >= 15 is 0 Å². The summed E-state index contributed by atoms with van der Waals surface area (Å²) in [6.07, 6.45) is 0. The Morgan fingerprint density at radius 2 is 2.21 bits per heavy atom. The third-order valence-corrected chi connectivity index (χ3v) is 2.56. The van der Waals surface area contributed by atoms with Crippen molar-refractivity contribution in [1.29, 1.82) is 0 Å². The molecule has 0 aromatic carbocycles. The maximum atomic E-state index is 11.0. The van der Waals surface area contributed by atoms with Crippen LogP contribution in [0.3, 0.4) is 0 Å². The Morgan fingerprint density at radius 3 is 2.74 bits per heavy atom. The van der Waals surface area contributed by atoms with Crippen molar-refractivity contribution in [2.24, 2.45) is 0 Å². The van der Waals surface area contributed by atoms with Gasteiger partial charge in [-0.15, -0.1) is 0 Å². The molecule has 9 nitrogen and oxygen atoms in total. The van der Waals surface area contributed by atoms with Crippen molar-refractivity contribution in [3.63, 3.8) is 0 Å². The van der Waals surface area contributed by atoms with Gasteiger partial charge in [0.05, 0.1) is 11.5 Å². The number of hydrogen-bond acceptors (Lipinski definition) is 7. The lowest BCUT2D eigenvalue weighted by atomic mass is 10.4. The molecule has 2 aromatic rings. The molecule has 0 atom stereocenters. The number of aromatic nitrogens is 4. The molecule has 2 rings (SSSR count). The fraction of sp³-hybridized carbons (Fsp3) is 0.500. The third-order valence-electron chi connectivity index (χ3n) is 2.56. The first-order valence-electron chi connectivity index (χ1n) is 5.77. The van der Waals surface area contributed by atoms with Gasteiger partial charge in [0.15, 0.2) is 5.82 Å². The highest BCUT2D eigenvalue weighted by atomic mass is 16.6. The number of hydrogen-bond donors (Lipinski definition) is 1. The molecule has 19 heavy (non-hydrogen) atoms. The van der Waals surface area contributed by atoms with Crippen molar-refractivity contribution >= 4 is 11.5 Å². The molecule has 0 radical (unpaired) electrons. The van der Waals surface area contributed by atoms with Crippen LogP contribution in [0.2, 0.25) is 0 Å². The molecular formula is C10H14N6O3. The van der Waals surface area contributed by atoms with Crippen molar-refractivity contribution in [3.8, 4) is 0 Å². The fourth-order valence-electron chi connectivity index (χ4n) is 1.77. The summed E-state index contributed by atoms with van der Waals surface area (Å²) < 4.78 is 6.38. The highest BCUT2D eigenvalue weighted by Gasteiger charge is 2.24. The van der Waals surface area contributed by atoms with E-state index in [0.717, 1.165) is 0 Å². The van der Waals surface area contributed by atoms with Gasteiger partial charge in [0, 0.05) is 13.5 Å². The second-order valence-corrected chi connectivity index (χ2v) is 3.94. The van der Waals surface area contributed by atoms with Gasteiger partial charge in [-0.25, -0.2) is 4.68 Å². The summed E-state index contributed by atoms with van der Waals surface area (Å²) in [5.74, 6) is 1.24. The van der Waals surface area contributed by atoms with Gasteiger partial charge >= 0.3 is 5.69 Å². The van der Waals surface area contributed by atoms with E-state index in [-0.39, 0.29) is 12.2 Å². The average molecular weight is 266 g/mol. The molecule has 0 fully saturated rings. The predicted molar refractivity (Wildman–Crippen MR) is 65.7 cm³/mol. The van der Waals surface area contributed by atoms with Gasteiger partial charge in [-0.05, 0) is 13.8 Å². The molecule has 2 aromatic heterocycles. The molecule has 0 saturated carbocycles. The maximum Gasteiger partial charge on any atom is 0.333 e. The Bertz CT molecular complexity index is 602. The molecule has 102 valence electrons. The minimum absolute atomic E-state index is 0.0259. The monoisotopic (exact) mass is 266 g/mol. The molecule has 2 heterocycles. The van der Waals surface area contributed by atoms with E-state index in [1.165, 1.54) is 0 Å². The van der Waals surface area contributed by atoms with E-state index in [1.54, 1.807) is 18.5 Å². The van der Waals surface area contributed by atoms with E-state index in [9.17, 15) is 10.1 Å². The first-order chi connectivity index (χ1) is 9.02. The molecule has 0 bridgehead atoms. The van der Waals surface area contributed by atoms with E-state index in [4.69, 9.17) is 4.52 Å². The van der Waals surface area contributed by atoms with E-state index < -0.39 is 4.92 Å². The second-order valence-electron chi connectivity index (χ2n) is 3.94. The van der Waals surface area contributed by atoms with Crippen LogP contribution < -0.4 is 5.32 Å². The van der Waals surface area contributed by atoms with Gasteiger partial charge in [0.2, 0.25) is 11.7 Å². The molecule has 0 amide bonds. The molecule has 0 aliphatic heterocycles. The van der Waals surface area contributed by atoms with Crippen molar-refractivity contribution in [1.82, 2.24) is 19.9 Å². The van der Waals surface area contributed by atoms with E-state index in [2.05, 4.69) is 20.6 Å². The Hall–Kier alpha value is -2.45. The highest BCUT2D eigenvalue weighted by Crippen LogP contribution is 2.28. The molecule has 9 heteroatoms. The van der Waals surface area contributed by atoms with Crippen LogP contribution in [0.15, 0.2) is 4.52 Å². The molecule has 0 unspecified atom stereocenters. The SMILES string of the molecule is CCn1nc(C)c([N+](=O)[O-])c1NCc1noc(C)n1. The Kier molecular flexibility index (Phi) is 3.45. The van der Waals surface area contributed by atoms with E-state index in [0.29, 0.717) is 29.8 Å². The first kappa shape index (κ1) is 13.0. The number of nitro groups is 1. The minimum atomic E-state index is -0.446. The molecule has 0 aliphatic rings. The van der Waals surface area contributed by atoms with Crippen LogP contribution in [0.4, 0.5) is 11.5 Å². The number of rotatable bonds is 5. The van der Waals surface area contributed by atoms with Crippen LogP contribution in [-0.2, 0) is 13.1 Å². The quantitative estimate of drug-likeness (QED) is 0.643. The smallest absolute Gasteiger partial charge is 0.333 e. The molecule has 0 aliphatic carbocycles. The van der Waals surface area contributed by atoms with Crippen LogP contribution in [0.25, 0.3) is 0 Å². The lowest BCUT2D eigenvalue weighted by Gasteiger charge is -2.04. The van der Waals surface area contributed by atoms with Gasteiger partial charge in [-0.3, -0.25) is 10.1 Å². The highest BCUT2D eigenvalue weighted by molar-refractivity contribution is 5.59. The van der Waals surface area contributed by atoms with Crippen LogP contribution >= 0.6 is 0 Å². The summed E-state index contributed by atoms with van der Waals surface area (Å²) >= 11 is 0. The lowest BCUT2D eigenvalue weighted by molar-refractivity contribution is -0.384. The summed E-state index contributed by atoms with van der Waals surface area (Å²) in [7, 11) is 0. The number of anilines is 1. The van der Waals surface area contributed by atoms with E-state index in [1.807, 2.05) is 6.92 Å². The van der Waals surface area contributed by atoms with Crippen molar-refractivity contribution in [2.45, 2.75) is 33.9 Å². The molecule has 0 spiro atoms. The largest absolute Gasteiger partial charge is 0.357 e. The standard InChI is InChI=1S/C10H14N6O3/c1-4-15-10(9(16(17)18)6(2)13-15)11-5-8-12-7(3)19-14-8/h11H,4-5H2,1-3H3. The van der Waals surface area contributed by atoms with Gasteiger partial charge in [0.25, 0.3) is 0 Å². The summed E-state index contributed by atoms with van der Waals surface area (Å²) in [6.45, 7) is 5.92. The lowest BCUT2D eigenvalue weighted by Crippen LogP contribution is -2.09. The summed E-state index contributed by atoms with van der Waals surface area (Å²) in [5.41, 5.74) is 0.348. The zero-order chi connectivity index (χ0) is 14.0. The molecule has 1 N–H and O–H groups in total. The normalized spacial score (nSPS) is 10.7. The van der Waals surface area contributed by atoms with Crippen LogP contribution in [0.5, 0.6) is 0 Å². The van der Waals surface area contributed by atoms with Gasteiger partial charge in [0.1, 0.15) is 5.69 Å². The van der Waals surface area contributed by atoms with Crippen LogP contribution in [0, 0.1) is 24.0 Å². The summed E-state index contributed by atoms with van der Waals surface area (Å²) in [4.78, 5) is 14.6. The average Bonchev–Trinajstić information content (AvgIpc) is 2.89. The Morgan fingerprint density at radius 1 is 1.47 bits per heavy atom. The Balaban J connectivity index is 2.25. The number of nitrogens with zero attached hydrogens (tertiary/aromatic N) is 5. The maximum absolute atomic E-state index is 11.0. The van der Waals surface area contributed by atoms with Crippen molar-refractivity contribution in [3.05, 3.63) is 27.5 Å². The summed E-state index contributed by atoms with van der Waals surface area (Å²) in [5, 5.41) is 21.8. The van der Waals surface area contributed by atoms with Crippen molar-refractivity contribution < 1.29 is 9.45 Å². The van der Waals surface area contributed by atoms with Crippen LogP contribution in [-0.4, -0.2) is 24.8 Å². The third kappa shape index (κ3) is 2.54. The first-order valence-corrected chi connectivity index (χ1v) is 5.77. The molecule has 0 saturated heterocycles. The zero-order valence-electron chi connectivity index (χ0n) is 10.9. The number of aryl methyl sites for hydroxylation is 3. The zero-order valence-corrected chi connectivity index (χ0v) is 10.9. The predicted octanol–water partition coefficient (Wildman–Crippen LogP) is 1.42. The topological polar surface area (TPSA) is 112 Å². The van der Waals surface area contributed by atoms with Crippen LogP contribution in [0.1, 0.15) is 24.3 Å². The van der Waals surface area contributed by atoms with Crippen molar-refractivity contribution in [2.75, 3.05) is 5.32 Å². The van der Waals surface area contributed by atoms with Gasteiger partial charge in [-0.1, -0.05) is 5.16 Å². The van der Waals surface area contributed by atoms with Gasteiger partial charge < -0.3 is 9.84 Å².